The van der Waals surface area contributed by atoms with Gasteiger partial charge in [-0.3, -0.25) is 15.2 Å². The number of nitrogens with one attached hydrogen (secondary N) is 2. The highest BCUT2D eigenvalue weighted by Gasteiger charge is 2.26. The number of phenolic OH excluding ortho intramolecular Hbond substituents is 1. The van der Waals surface area contributed by atoms with Gasteiger partial charge in [0.1, 0.15) is 29.1 Å². The Morgan fingerprint density at radius 2 is 1.86 bits per heavy atom. The quantitative estimate of drug-likeness (QED) is 0.207. The predicted octanol–water partition coefficient (Wildman–Crippen LogP) is 4.09. The third-order valence-corrected chi connectivity index (χ3v) is 5.48. The third kappa shape index (κ3) is 5.85. The number of hydrogen-bond donors (Lipinski definition) is 4. The van der Waals surface area contributed by atoms with E-state index in [4.69, 9.17) is 15.9 Å². The van der Waals surface area contributed by atoms with E-state index < -0.39 is 6.04 Å². The van der Waals surface area contributed by atoms with Crippen LogP contribution in [0, 0.1) is 5.41 Å². The van der Waals surface area contributed by atoms with Crippen LogP contribution in [0.1, 0.15) is 27.7 Å². The van der Waals surface area contributed by atoms with Crippen LogP contribution >= 0.6 is 24.8 Å². The fourth-order valence-electron chi connectivity index (χ4n) is 3.98. The number of ether oxygens (including phenoxy) is 1. The first-order chi connectivity index (χ1) is 16.0. The number of carbonyl (C=O) groups excluding carboxylic acids is 1. The molecule has 0 saturated heterocycles. The van der Waals surface area contributed by atoms with Crippen LogP contribution in [-0.4, -0.2) is 40.1 Å². The molecule has 0 bridgehead atoms. The largest absolute Gasteiger partial charge is 0.508 e. The van der Waals surface area contributed by atoms with E-state index in [9.17, 15) is 9.90 Å². The lowest BCUT2D eigenvalue weighted by Gasteiger charge is -2.22. The Balaban J connectivity index is 0.00000216. The van der Waals surface area contributed by atoms with E-state index in [0.717, 1.165) is 10.9 Å². The molecule has 0 fully saturated rings. The first kappa shape index (κ1) is 27.5. The molecule has 2 aromatic heterocycles. The maximum Gasteiger partial charge on any atom is 0.267 e. The van der Waals surface area contributed by atoms with Gasteiger partial charge in [0, 0.05) is 24.3 Å². The monoisotopic (exact) mass is 515 g/mol. The number of hydrogen-bond acceptors (Lipinski definition) is 5. The zero-order valence-corrected chi connectivity index (χ0v) is 20.6. The number of aromatic nitrogens is 2. The molecule has 2 heterocycles. The smallest absolute Gasteiger partial charge is 0.267 e. The molecule has 0 radical (unpaired) electrons. The summed E-state index contributed by atoms with van der Waals surface area (Å²) in [6.45, 7) is 0.429. The number of benzene rings is 2. The van der Waals surface area contributed by atoms with Gasteiger partial charge in [-0.1, -0.05) is 18.2 Å². The van der Waals surface area contributed by atoms with Crippen molar-refractivity contribution in [2.45, 2.75) is 12.5 Å². The number of amidine groups is 1. The Bertz CT molecular complexity index is 1310. The van der Waals surface area contributed by atoms with Crippen molar-refractivity contribution in [2.24, 2.45) is 5.73 Å². The molecule has 0 aliphatic rings. The van der Waals surface area contributed by atoms with Crippen molar-refractivity contribution in [3.8, 4) is 11.5 Å². The van der Waals surface area contributed by atoms with E-state index in [1.165, 1.54) is 0 Å². The molecule has 1 unspecified atom stereocenters. The molecule has 4 rings (SSSR count). The molecule has 8 nitrogen and oxygen atoms in total. The van der Waals surface area contributed by atoms with Gasteiger partial charge >= 0.3 is 0 Å². The molecule has 4 aromatic rings. The van der Waals surface area contributed by atoms with Crippen molar-refractivity contribution in [3.63, 3.8) is 0 Å². The lowest BCUT2D eigenvalue weighted by atomic mass is 10.0. The first-order valence-electron chi connectivity index (χ1n) is 10.5. The molecule has 0 aliphatic carbocycles. The lowest BCUT2D eigenvalue weighted by molar-refractivity contribution is 0.0945. The topological polar surface area (TPSA) is 126 Å². The summed E-state index contributed by atoms with van der Waals surface area (Å²) in [6, 6.07) is 16.8. The summed E-state index contributed by atoms with van der Waals surface area (Å²) in [5, 5.41) is 22.0. The number of rotatable bonds is 8. The number of nitrogens with two attached hydrogens (primary N) is 1. The fourth-order valence-corrected chi connectivity index (χ4v) is 3.98. The number of aromatic hydroxyl groups is 1. The second-order valence-corrected chi connectivity index (χ2v) is 7.61. The zero-order valence-electron chi connectivity index (χ0n) is 19.0. The zero-order chi connectivity index (χ0) is 23.4. The van der Waals surface area contributed by atoms with Crippen LogP contribution in [0.5, 0.6) is 11.5 Å². The van der Waals surface area contributed by atoms with Crippen molar-refractivity contribution in [2.75, 3.05) is 13.7 Å². The van der Waals surface area contributed by atoms with Gasteiger partial charge in [0.2, 0.25) is 0 Å². The summed E-state index contributed by atoms with van der Waals surface area (Å²) in [7, 11) is 1.57. The van der Waals surface area contributed by atoms with Gasteiger partial charge in [0.15, 0.2) is 0 Å². The summed E-state index contributed by atoms with van der Waals surface area (Å²) in [5.41, 5.74) is 8.72. The van der Waals surface area contributed by atoms with E-state index in [1.54, 1.807) is 54.4 Å². The number of fused-ring (bicyclic) bond motifs is 1. The van der Waals surface area contributed by atoms with Gasteiger partial charge in [0.05, 0.1) is 12.6 Å². The second kappa shape index (κ2) is 12.1. The van der Waals surface area contributed by atoms with Crippen molar-refractivity contribution in [1.29, 1.82) is 5.41 Å². The number of halogens is 2. The van der Waals surface area contributed by atoms with Crippen LogP contribution in [0.15, 0.2) is 73.1 Å². The Kier molecular flexibility index (Phi) is 9.50. The van der Waals surface area contributed by atoms with Crippen LogP contribution in [0.4, 0.5) is 0 Å². The molecule has 1 amide bonds. The fraction of sp³-hybridized carbons (Fsp3) is 0.160. The maximum atomic E-state index is 13.3. The van der Waals surface area contributed by atoms with Crippen molar-refractivity contribution >= 4 is 47.5 Å². The normalized spacial score (nSPS) is 11.1. The van der Waals surface area contributed by atoms with E-state index in [2.05, 4.69) is 10.3 Å². The first-order valence-corrected chi connectivity index (χ1v) is 10.5. The highest BCUT2D eigenvalue weighted by Crippen LogP contribution is 2.34. The van der Waals surface area contributed by atoms with Gasteiger partial charge in [-0.2, -0.15) is 0 Å². The van der Waals surface area contributed by atoms with Crippen LogP contribution in [0.2, 0.25) is 0 Å². The van der Waals surface area contributed by atoms with Gasteiger partial charge < -0.3 is 25.5 Å². The predicted molar refractivity (Wildman–Crippen MR) is 141 cm³/mol. The van der Waals surface area contributed by atoms with E-state index in [-0.39, 0.29) is 42.3 Å². The molecule has 2 aromatic carbocycles. The van der Waals surface area contributed by atoms with Crippen LogP contribution in [0.25, 0.3) is 10.9 Å². The van der Waals surface area contributed by atoms with Gasteiger partial charge in [-0.05, 0) is 60.0 Å². The minimum absolute atomic E-state index is 0. The highest BCUT2D eigenvalue weighted by atomic mass is 35.5. The van der Waals surface area contributed by atoms with Crippen LogP contribution < -0.4 is 15.8 Å². The summed E-state index contributed by atoms with van der Waals surface area (Å²) in [4.78, 5) is 17.3. The Morgan fingerprint density at radius 1 is 1.14 bits per heavy atom. The number of nitrogens with zero attached hydrogens (tertiary/aromatic N) is 2. The average molecular weight is 516 g/mol. The minimum Gasteiger partial charge on any atom is -0.508 e. The highest BCUT2D eigenvalue weighted by molar-refractivity contribution is 6.02. The summed E-state index contributed by atoms with van der Waals surface area (Å²) >= 11 is 0. The molecular weight excluding hydrogens is 489 g/mol. The summed E-state index contributed by atoms with van der Waals surface area (Å²) < 4.78 is 7.22. The SMILES string of the molecule is COc1cccc2c1cc(C(=O)NCCc1ccncc1)n2C(C(=N)N)c1cccc(O)c1.Cl.Cl. The van der Waals surface area contributed by atoms with Crippen LogP contribution in [0.3, 0.4) is 0 Å². The van der Waals surface area contributed by atoms with Crippen molar-refractivity contribution < 1.29 is 14.6 Å². The standard InChI is InChI=1S/C25H25N5O3.2ClH/c1-33-22-7-3-6-20-19(22)15-21(25(32)29-13-10-16-8-11-28-12-9-16)30(20)23(24(26)27)17-4-2-5-18(31)14-17;;/h2-9,11-12,14-15,23,31H,10,13H2,1H3,(H3,26,27)(H,29,32);2*1H. The summed E-state index contributed by atoms with van der Waals surface area (Å²) in [5.74, 6) is 0.201. The second-order valence-electron chi connectivity index (χ2n) is 7.61. The summed E-state index contributed by atoms with van der Waals surface area (Å²) in [6.07, 6.45) is 4.09. The number of phenols is 1. The Hall–Kier alpha value is -3.75. The molecule has 1 atom stereocenters. The minimum atomic E-state index is -0.789. The third-order valence-electron chi connectivity index (χ3n) is 5.48. The lowest BCUT2D eigenvalue weighted by Crippen LogP contribution is -2.33. The van der Waals surface area contributed by atoms with Gasteiger partial charge in [-0.25, -0.2) is 0 Å². The maximum absolute atomic E-state index is 13.3. The van der Waals surface area contributed by atoms with Crippen molar-refractivity contribution in [1.82, 2.24) is 14.9 Å². The molecule has 35 heavy (non-hydrogen) atoms. The number of carbonyl (C=O) groups is 1. The molecular formula is C25H27Cl2N5O3. The van der Waals surface area contributed by atoms with Gasteiger partial charge in [0.25, 0.3) is 5.91 Å². The average Bonchev–Trinajstić information content (AvgIpc) is 3.19. The number of pyridine rings is 1. The van der Waals surface area contributed by atoms with Gasteiger partial charge in [-0.15, -0.1) is 24.8 Å². The molecule has 184 valence electrons. The van der Waals surface area contributed by atoms with Crippen molar-refractivity contribution in [3.05, 3.63) is 89.9 Å². The molecule has 0 saturated carbocycles. The molecule has 0 aliphatic heterocycles. The Morgan fingerprint density at radius 3 is 2.51 bits per heavy atom. The molecule has 10 heteroatoms. The van der Waals surface area contributed by atoms with E-state index in [0.29, 0.717) is 35.5 Å². The number of amides is 1. The molecule has 5 N–H and O–H groups in total. The number of methoxy groups -OCH3 is 1. The molecule has 0 spiro atoms. The van der Waals surface area contributed by atoms with Crippen LogP contribution in [-0.2, 0) is 6.42 Å². The van der Waals surface area contributed by atoms with E-state index in [1.807, 2.05) is 30.3 Å². The van der Waals surface area contributed by atoms with E-state index >= 15 is 0 Å². The Labute approximate surface area is 215 Å².